The molecule has 0 aliphatic heterocycles. The van der Waals surface area contributed by atoms with E-state index in [0.29, 0.717) is 5.82 Å². The van der Waals surface area contributed by atoms with Gasteiger partial charge < -0.3 is 5.73 Å². The van der Waals surface area contributed by atoms with Crippen molar-refractivity contribution in [2.45, 2.75) is 34.6 Å². The van der Waals surface area contributed by atoms with Crippen molar-refractivity contribution >= 4 is 5.82 Å². The highest BCUT2D eigenvalue weighted by atomic mass is 14.9. The summed E-state index contributed by atoms with van der Waals surface area (Å²) in [7, 11) is 0. The predicted molar refractivity (Wildman–Crippen MR) is 53.9 cm³/mol. The van der Waals surface area contributed by atoms with E-state index in [4.69, 9.17) is 5.73 Å². The van der Waals surface area contributed by atoms with E-state index in [1.807, 2.05) is 34.6 Å². The van der Waals surface area contributed by atoms with Crippen LogP contribution >= 0.6 is 0 Å². The molecule has 0 aliphatic rings. The Bertz CT molecular complexity index is 166. The van der Waals surface area contributed by atoms with Crippen LogP contribution in [0.3, 0.4) is 0 Å². The van der Waals surface area contributed by atoms with Gasteiger partial charge in [-0.25, -0.2) is 9.97 Å². The zero-order valence-electron chi connectivity index (χ0n) is 8.63. The van der Waals surface area contributed by atoms with Gasteiger partial charge in [0.1, 0.15) is 12.1 Å². The number of aryl methyl sites for hydroxylation is 1. The summed E-state index contributed by atoms with van der Waals surface area (Å²) in [4.78, 5) is 7.50. The summed E-state index contributed by atoms with van der Waals surface area (Å²) in [5, 5.41) is 0. The Labute approximate surface area is 75.0 Å². The SMILES string of the molecule is CC.CC.Cc1cncnc1N. The Balaban J connectivity index is 0. The van der Waals surface area contributed by atoms with Crippen molar-refractivity contribution in [3.8, 4) is 0 Å². The molecule has 0 fully saturated rings. The molecule has 3 nitrogen and oxygen atoms in total. The maximum atomic E-state index is 5.37. The standard InChI is InChI=1S/C5H7N3.2C2H6/c1-4-2-7-3-8-5(4)6;2*1-2/h2-3H,1H3,(H2,6,7,8);2*1-2H3. The molecular weight excluding hydrogens is 150 g/mol. The Morgan fingerprint density at radius 3 is 1.92 bits per heavy atom. The van der Waals surface area contributed by atoms with Gasteiger partial charge in [0.25, 0.3) is 0 Å². The Morgan fingerprint density at radius 2 is 1.67 bits per heavy atom. The van der Waals surface area contributed by atoms with Gasteiger partial charge in [-0.2, -0.15) is 0 Å². The highest BCUT2D eigenvalue weighted by Gasteiger charge is 1.87. The third kappa shape index (κ3) is 5.65. The number of aromatic nitrogens is 2. The molecule has 0 aliphatic carbocycles. The lowest BCUT2D eigenvalue weighted by atomic mass is 10.4. The van der Waals surface area contributed by atoms with Crippen molar-refractivity contribution in [3.05, 3.63) is 18.1 Å². The lowest BCUT2D eigenvalue weighted by molar-refractivity contribution is 1.14. The van der Waals surface area contributed by atoms with Gasteiger partial charge >= 0.3 is 0 Å². The lowest BCUT2D eigenvalue weighted by Gasteiger charge is -1.91. The van der Waals surface area contributed by atoms with Gasteiger partial charge in [0, 0.05) is 11.8 Å². The third-order valence-corrected chi connectivity index (χ3v) is 0.936. The Hall–Kier alpha value is -1.12. The zero-order chi connectivity index (χ0) is 9.98. The van der Waals surface area contributed by atoms with Crippen LogP contribution in [0.5, 0.6) is 0 Å². The highest BCUT2D eigenvalue weighted by molar-refractivity contribution is 5.34. The number of nitrogen functional groups attached to an aromatic ring is 1. The van der Waals surface area contributed by atoms with Crippen LogP contribution in [-0.4, -0.2) is 9.97 Å². The molecule has 0 amide bonds. The van der Waals surface area contributed by atoms with Crippen molar-refractivity contribution < 1.29 is 0 Å². The lowest BCUT2D eigenvalue weighted by Crippen LogP contribution is -1.92. The number of hydrogen-bond acceptors (Lipinski definition) is 3. The van der Waals surface area contributed by atoms with E-state index >= 15 is 0 Å². The minimum absolute atomic E-state index is 0.556. The maximum Gasteiger partial charge on any atom is 0.129 e. The molecule has 12 heavy (non-hydrogen) atoms. The zero-order valence-corrected chi connectivity index (χ0v) is 8.63. The van der Waals surface area contributed by atoms with Crippen LogP contribution < -0.4 is 5.73 Å². The van der Waals surface area contributed by atoms with Gasteiger partial charge in [0.05, 0.1) is 0 Å². The Kier molecular flexibility index (Phi) is 11.1. The Morgan fingerprint density at radius 1 is 1.17 bits per heavy atom. The number of rotatable bonds is 0. The average molecular weight is 169 g/mol. The van der Waals surface area contributed by atoms with Crippen LogP contribution in [0.15, 0.2) is 12.5 Å². The van der Waals surface area contributed by atoms with E-state index < -0.39 is 0 Å². The predicted octanol–water partition coefficient (Wildman–Crippen LogP) is 2.42. The van der Waals surface area contributed by atoms with Gasteiger partial charge in [0.15, 0.2) is 0 Å². The molecule has 0 bridgehead atoms. The van der Waals surface area contributed by atoms with Gasteiger partial charge in [-0.15, -0.1) is 0 Å². The van der Waals surface area contributed by atoms with Crippen molar-refractivity contribution in [2.24, 2.45) is 0 Å². The molecule has 0 saturated heterocycles. The smallest absolute Gasteiger partial charge is 0.129 e. The van der Waals surface area contributed by atoms with E-state index in [-0.39, 0.29) is 0 Å². The molecule has 1 rings (SSSR count). The minimum atomic E-state index is 0.556. The van der Waals surface area contributed by atoms with Crippen LogP contribution in [0.25, 0.3) is 0 Å². The van der Waals surface area contributed by atoms with Gasteiger partial charge in [-0.05, 0) is 6.92 Å². The minimum Gasteiger partial charge on any atom is -0.383 e. The molecule has 2 N–H and O–H groups in total. The van der Waals surface area contributed by atoms with E-state index in [0.717, 1.165) is 5.56 Å². The van der Waals surface area contributed by atoms with Crippen molar-refractivity contribution in [1.82, 2.24) is 9.97 Å². The normalized spacial score (nSPS) is 7.08. The molecule has 1 aromatic rings. The van der Waals surface area contributed by atoms with Crippen LogP contribution in [0.1, 0.15) is 33.3 Å². The topological polar surface area (TPSA) is 51.8 Å². The van der Waals surface area contributed by atoms with E-state index in [2.05, 4.69) is 9.97 Å². The fourth-order valence-corrected chi connectivity index (χ4v) is 0.409. The molecular formula is C9H19N3. The van der Waals surface area contributed by atoms with Gasteiger partial charge in [0.2, 0.25) is 0 Å². The maximum absolute atomic E-state index is 5.37. The average Bonchev–Trinajstić information content (AvgIpc) is 2.17. The number of nitrogens with two attached hydrogens (primary N) is 1. The van der Waals surface area contributed by atoms with Crippen molar-refractivity contribution in [1.29, 1.82) is 0 Å². The van der Waals surface area contributed by atoms with Gasteiger partial charge in [-0.1, -0.05) is 27.7 Å². The second-order valence-electron chi connectivity index (χ2n) is 1.59. The first-order valence-corrected chi connectivity index (χ1v) is 4.33. The number of anilines is 1. The van der Waals surface area contributed by atoms with Crippen LogP contribution in [0, 0.1) is 6.92 Å². The van der Waals surface area contributed by atoms with E-state index in [1.165, 1.54) is 6.33 Å². The first-order chi connectivity index (χ1) is 5.80. The third-order valence-electron chi connectivity index (χ3n) is 0.936. The molecule has 0 unspecified atom stereocenters. The van der Waals surface area contributed by atoms with E-state index in [1.54, 1.807) is 6.20 Å². The highest BCUT2D eigenvalue weighted by Crippen LogP contribution is 1.99. The quantitative estimate of drug-likeness (QED) is 0.649. The second kappa shape index (κ2) is 9.88. The van der Waals surface area contributed by atoms with Gasteiger partial charge in [-0.3, -0.25) is 0 Å². The fourth-order valence-electron chi connectivity index (χ4n) is 0.409. The van der Waals surface area contributed by atoms with E-state index in [9.17, 15) is 0 Å². The molecule has 0 spiro atoms. The largest absolute Gasteiger partial charge is 0.383 e. The van der Waals surface area contributed by atoms with Crippen molar-refractivity contribution in [3.63, 3.8) is 0 Å². The van der Waals surface area contributed by atoms with Crippen LogP contribution in [-0.2, 0) is 0 Å². The molecule has 0 aromatic carbocycles. The summed E-state index contributed by atoms with van der Waals surface area (Å²) in [5.74, 6) is 0.556. The first-order valence-electron chi connectivity index (χ1n) is 4.33. The molecule has 3 heteroatoms. The molecule has 70 valence electrons. The fraction of sp³-hybridized carbons (Fsp3) is 0.556. The van der Waals surface area contributed by atoms with Crippen LogP contribution in [0.2, 0.25) is 0 Å². The van der Waals surface area contributed by atoms with Crippen LogP contribution in [0.4, 0.5) is 5.82 Å². The molecule has 1 heterocycles. The van der Waals surface area contributed by atoms with Crippen molar-refractivity contribution in [2.75, 3.05) is 5.73 Å². The monoisotopic (exact) mass is 169 g/mol. The first kappa shape index (κ1) is 13.5. The summed E-state index contributed by atoms with van der Waals surface area (Å²) in [6, 6.07) is 0. The number of nitrogens with zero attached hydrogens (tertiary/aromatic N) is 2. The summed E-state index contributed by atoms with van der Waals surface area (Å²) in [6.07, 6.45) is 3.12. The summed E-state index contributed by atoms with van der Waals surface area (Å²) >= 11 is 0. The molecule has 0 atom stereocenters. The molecule has 1 aromatic heterocycles. The molecule has 0 saturated carbocycles. The summed E-state index contributed by atoms with van der Waals surface area (Å²) < 4.78 is 0. The molecule has 0 radical (unpaired) electrons. The second-order valence-corrected chi connectivity index (χ2v) is 1.59. The number of hydrogen-bond donors (Lipinski definition) is 1. The summed E-state index contributed by atoms with van der Waals surface area (Å²) in [6.45, 7) is 9.87. The summed E-state index contributed by atoms with van der Waals surface area (Å²) in [5.41, 5.74) is 6.29.